The highest BCUT2D eigenvalue weighted by atomic mass is 35.5. The molecule has 0 bridgehead atoms. The number of anilines is 1. The Hall–Kier alpha value is -2.90. The lowest BCUT2D eigenvalue weighted by Crippen LogP contribution is -2.47. The molecule has 0 aromatic carbocycles. The summed E-state index contributed by atoms with van der Waals surface area (Å²) in [5, 5.41) is 38.8. The lowest BCUT2D eigenvalue weighted by molar-refractivity contribution is -0.386. The number of piperidine rings is 1. The summed E-state index contributed by atoms with van der Waals surface area (Å²) in [5.74, 6) is 0.192. The van der Waals surface area contributed by atoms with Crippen LogP contribution in [0.1, 0.15) is 31.5 Å². The van der Waals surface area contributed by atoms with E-state index in [1.807, 2.05) is 6.92 Å². The fourth-order valence-electron chi connectivity index (χ4n) is 3.58. The van der Waals surface area contributed by atoms with Crippen LogP contribution in [0.25, 0.3) is 0 Å². The highest BCUT2D eigenvalue weighted by Gasteiger charge is 2.36. The number of hydrogen-bond acceptors (Lipinski definition) is 9. The van der Waals surface area contributed by atoms with Crippen molar-refractivity contribution in [3.05, 3.63) is 32.3 Å². The quantitative estimate of drug-likeness (QED) is 0.276. The predicted octanol–water partition coefficient (Wildman–Crippen LogP) is 2.75. The molecule has 2 aromatic rings. The number of aromatic nitrogens is 4. The predicted molar refractivity (Wildman–Crippen MR) is 118 cm³/mol. The maximum absolute atomic E-state index is 11.6. The van der Waals surface area contributed by atoms with Gasteiger partial charge in [-0.3, -0.25) is 14.8 Å². The number of aliphatic hydroxyl groups excluding tert-OH is 1. The molecule has 3 atom stereocenters. The monoisotopic (exact) mass is 503 g/mol. The van der Waals surface area contributed by atoms with Crippen molar-refractivity contribution in [2.45, 2.75) is 44.9 Å². The molecule has 3 heterocycles. The summed E-state index contributed by atoms with van der Waals surface area (Å²) < 4.78 is 6.96. The normalized spacial score (nSPS) is 19.2. The van der Waals surface area contributed by atoms with Crippen LogP contribution < -0.4 is 10.1 Å². The third-order valence-electron chi connectivity index (χ3n) is 5.29. The summed E-state index contributed by atoms with van der Waals surface area (Å²) in [6.45, 7) is 3.53. The van der Waals surface area contributed by atoms with Gasteiger partial charge in [0.05, 0.1) is 36.4 Å². The molecule has 1 saturated heterocycles. The number of likely N-dealkylation sites (tertiary alicyclic amines) is 1. The van der Waals surface area contributed by atoms with E-state index in [9.17, 15) is 20.0 Å². The smallest absolute Gasteiger partial charge is 0.407 e. The molecule has 2 unspecified atom stereocenters. The van der Waals surface area contributed by atoms with Gasteiger partial charge < -0.3 is 25.2 Å². The van der Waals surface area contributed by atoms with Crippen LogP contribution in [0, 0.1) is 17.0 Å². The summed E-state index contributed by atoms with van der Waals surface area (Å²) in [6, 6.07) is -0.778. The van der Waals surface area contributed by atoms with E-state index >= 15 is 0 Å². The maximum atomic E-state index is 11.6. The summed E-state index contributed by atoms with van der Waals surface area (Å²) in [5.41, 5.74) is -0.0782. The summed E-state index contributed by atoms with van der Waals surface area (Å²) in [6.07, 6.45) is -0.130. The number of carboxylic acid groups (broad SMARTS) is 1. The van der Waals surface area contributed by atoms with Gasteiger partial charge in [0, 0.05) is 19.0 Å². The highest BCUT2D eigenvalue weighted by Crippen LogP contribution is 2.34. The Morgan fingerprint density at radius 1 is 1.48 bits per heavy atom. The van der Waals surface area contributed by atoms with Crippen LogP contribution in [0.3, 0.4) is 0 Å². The van der Waals surface area contributed by atoms with Crippen molar-refractivity contribution in [3.8, 4) is 5.88 Å². The number of amides is 1. The van der Waals surface area contributed by atoms with Gasteiger partial charge in [-0.15, -0.1) is 5.10 Å². The molecule has 1 amide bonds. The van der Waals surface area contributed by atoms with Gasteiger partial charge in [-0.1, -0.05) is 11.6 Å². The Morgan fingerprint density at radius 2 is 2.21 bits per heavy atom. The first-order valence-corrected chi connectivity index (χ1v) is 10.8. The second-order valence-electron chi connectivity index (χ2n) is 7.61. The number of halogens is 2. The summed E-state index contributed by atoms with van der Waals surface area (Å²) >= 11 is 11.8. The summed E-state index contributed by atoms with van der Waals surface area (Å²) in [4.78, 5) is 31.1. The van der Waals surface area contributed by atoms with Gasteiger partial charge in [-0.2, -0.15) is 4.98 Å². The fraction of sp³-hybridized carbons (Fsp3) is 0.556. The van der Waals surface area contributed by atoms with Gasteiger partial charge in [0.2, 0.25) is 5.28 Å². The molecule has 1 aliphatic heterocycles. The minimum absolute atomic E-state index is 0.0402. The van der Waals surface area contributed by atoms with E-state index in [-0.39, 0.29) is 54.7 Å². The second-order valence-corrected chi connectivity index (χ2v) is 8.36. The zero-order valence-corrected chi connectivity index (χ0v) is 19.3. The summed E-state index contributed by atoms with van der Waals surface area (Å²) in [7, 11) is 0. The zero-order valence-electron chi connectivity index (χ0n) is 17.8. The second kappa shape index (κ2) is 10.4. The van der Waals surface area contributed by atoms with Gasteiger partial charge in [0.15, 0.2) is 0 Å². The third-order valence-corrected chi connectivity index (χ3v) is 5.75. The first-order chi connectivity index (χ1) is 15.6. The van der Waals surface area contributed by atoms with Crippen molar-refractivity contribution >= 4 is 40.8 Å². The van der Waals surface area contributed by atoms with E-state index < -0.39 is 23.2 Å². The van der Waals surface area contributed by atoms with Gasteiger partial charge in [0.1, 0.15) is 16.5 Å². The van der Waals surface area contributed by atoms with Gasteiger partial charge >= 0.3 is 17.7 Å². The molecular weight excluding hydrogens is 481 g/mol. The van der Waals surface area contributed by atoms with E-state index in [1.54, 1.807) is 0 Å². The largest absolute Gasteiger partial charge is 0.472 e. The Bertz CT molecular complexity index is 1040. The average Bonchev–Trinajstić information content (AvgIpc) is 3.06. The minimum atomic E-state index is -1.13. The van der Waals surface area contributed by atoms with Crippen LogP contribution in [-0.2, 0) is 0 Å². The number of nitrogens with zero attached hydrogens (tertiary/aromatic N) is 6. The molecule has 33 heavy (non-hydrogen) atoms. The van der Waals surface area contributed by atoms with E-state index in [2.05, 4.69) is 20.4 Å². The number of nitro groups is 1. The lowest BCUT2D eigenvalue weighted by Gasteiger charge is -2.34. The molecular formula is C18H23Cl2N7O6. The number of β-amino-alcohol motifs (C(OH)–C–C–N with tert-alkyl or cyclic N) is 1. The molecule has 3 N–H and O–H groups in total. The van der Waals surface area contributed by atoms with Gasteiger partial charge in [-0.05, 0) is 31.9 Å². The standard InChI is InChI=1S/C18H23Cl2N7O6/c1-9(22-15-11(19)7-21-17(20)23-15)4-6-33-16-14(27(31)32)10(2)26(24-16)12-3-5-25(18(29)30)8-13(12)28/h7,9,12-13,28H,3-6,8H2,1-2H3,(H,29,30)(H,21,22,23)/t9-,12?,13?/m1/s1. The highest BCUT2D eigenvalue weighted by molar-refractivity contribution is 6.33. The first-order valence-electron chi connectivity index (χ1n) is 10.0. The van der Waals surface area contributed by atoms with E-state index in [0.717, 1.165) is 4.90 Å². The van der Waals surface area contributed by atoms with E-state index in [4.69, 9.17) is 33.0 Å². The molecule has 1 fully saturated rings. The van der Waals surface area contributed by atoms with Gasteiger partial charge in [0.25, 0.3) is 0 Å². The fourth-order valence-corrected chi connectivity index (χ4v) is 3.86. The SMILES string of the molecule is Cc1c([N+](=O)[O-])c(OCC[C@@H](C)Nc2nc(Cl)ncc2Cl)nn1C1CCN(C(=O)O)CC1O. The Kier molecular flexibility index (Phi) is 7.76. The molecule has 15 heteroatoms. The topological polar surface area (TPSA) is 169 Å². The van der Waals surface area contributed by atoms with Crippen LogP contribution in [0.15, 0.2) is 6.20 Å². The molecule has 13 nitrogen and oxygen atoms in total. The minimum Gasteiger partial charge on any atom is -0.472 e. The number of rotatable bonds is 8. The Labute approximate surface area is 198 Å². The van der Waals surface area contributed by atoms with E-state index in [1.165, 1.54) is 17.8 Å². The number of carbonyl (C=O) groups is 1. The van der Waals surface area contributed by atoms with E-state index in [0.29, 0.717) is 17.3 Å². The van der Waals surface area contributed by atoms with Crippen molar-refractivity contribution in [1.82, 2.24) is 24.6 Å². The van der Waals surface area contributed by atoms with Crippen molar-refractivity contribution in [1.29, 1.82) is 0 Å². The van der Waals surface area contributed by atoms with Gasteiger partial charge in [-0.25, -0.2) is 9.78 Å². The first kappa shape index (κ1) is 24.7. The molecule has 3 rings (SSSR count). The average molecular weight is 504 g/mol. The molecule has 0 saturated carbocycles. The maximum Gasteiger partial charge on any atom is 0.407 e. The van der Waals surface area contributed by atoms with Crippen LogP contribution in [0.4, 0.5) is 16.3 Å². The number of ether oxygens (including phenoxy) is 1. The Balaban J connectivity index is 1.67. The molecule has 180 valence electrons. The van der Waals surface area contributed by atoms with Crippen LogP contribution >= 0.6 is 23.2 Å². The number of nitrogens with one attached hydrogen (secondary N) is 1. The lowest BCUT2D eigenvalue weighted by atomic mass is 10.0. The molecule has 0 spiro atoms. The number of hydrogen-bond donors (Lipinski definition) is 3. The van der Waals surface area contributed by atoms with Crippen LogP contribution in [0.2, 0.25) is 10.3 Å². The molecule has 0 radical (unpaired) electrons. The molecule has 0 aliphatic carbocycles. The van der Waals surface area contributed by atoms with Crippen molar-refractivity contribution in [3.63, 3.8) is 0 Å². The molecule has 1 aliphatic rings. The third kappa shape index (κ3) is 5.72. The molecule has 2 aromatic heterocycles. The van der Waals surface area contributed by atoms with Crippen LogP contribution in [-0.4, -0.2) is 77.7 Å². The van der Waals surface area contributed by atoms with Crippen molar-refractivity contribution in [2.75, 3.05) is 25.0 Å². The Morgan fingerprint density at radius 3 is 2.85 bits per heavy atom. The zero-order chi connectivity index (χ0) is 24.3. The number of aliphatic hydroxyl groups is 1. The van der Waals surface area contributed by atoms with Crippen LogP contribution in [0.5, 0.6) is 5.88 Å². The van der Waals surface area contributed by atoms with Crippen molar-refractivity contribution < 1.29 is 24.7 Å². The van der Waals surface area contributed by atoms with Crippen molar-refractivity contribution in [2.24, 2.45) is 0 Å².